The minimum Gasteiger partial charge on any atom is -0.495 e. The average molecular weight is 370 g/mol. The summed E-state index contributed by atoms with van der Waals surface area (Å²) in [4.78, 5) is 16.5. The van der Waals surface area contributed by atoms with Crippen molar-refractivity contribution < 1.29 is 9.53 Å². The first-order valence-electron chi connectivity index (χ1n) is 6.35. The van der Waals surface area contributed by atoms with Crippen molar-refractivity contribution in [2.24, 2.45) is 5.73 Å². The van der Waals surface area contributed by atoms with E-state index in [9.17, 15) is 4.79 Å². The van der Waals surface area contributed by atoms with Crippen LogP contribution in [0.1, 0.15) is 21.1 Å². The number of benzene rings is 1. The molecule has 1 amide bonds. The van der Waals surface area contributed by atoms with Crippen LogP contribution in [-0.4, -0.2) is 24.5 Å². The Hall–Kier alpha value is -1.44. The first-order valence-corrected chi connectivity index (χ1v) is 8.02. The molecule has 0 aliphatic carbocycles. The molecular weight excluding hydrogens is 354 g/mol. The molecule has 0 saturated carbocycles. The van der Waals surface area contributed by atoms with Gasteiger partial charge in [0.05, 0.1) is 17.8 Å². The third-order valence-electron chi connectivity index (χ3n) is 2.87. The SMILES string of the molecule is COc1cc(Br)cc(C)c1NC(=O)c1csc(CCN)n1. The zero-order chi connectivity index (χ0) is 15.4. The Bertz CT molecular complexity index is 658. The summed E-state index contributed by atoms with van der Waals surface area (Å²) in [6.45, 7) is 2.43. The third-order valence-corrected chi connectivity index (χ3v) is 4.23. The maximum Gasteiger partial charge on any atom is 0.275 e. The van der Waals surface area contributed by atoms with Crippen molar-refractivity contribution in [1.82, 2.24) is 4.98 Å². The van der Waals surface area contributed by atoms with E-state index in [1.165, 1.54) is 11.3 Å². The molecule has 1 aromatic carbocycles. The molecule has 1 aromatic heterocycles. The lowest BCUT2D eigenvalue weighted by molar-refractivity contribution is 0.102. The lowest BCUT2D eigenvalue weighted by Gasteiger charge is -2.13. The van der Waals surface area contributed by atoms with Crippen LogP contribution in [0.25, 0.3) is 0 Å². The van der Waals surface area contributed by atoms with Crippen molar-refractivity contribution in [2.45, 2.75) is 13.3 Å². The fourth-order valence-electron chi connectivity index (χ4n) is 1.86. The molecule has 2 rings (SSSR count). The number of nitrogens with one attached hydrogen (secondary N) is 1. The number of thiazole rings is 1. The normalized spacial score (nSPS) is 10.5. The Morgan fingerprint density at radius 1 is 1.52 bits per heavy atom. The number of hydrogen-bond donors (Lipinski definition) is 2. The number of carbonyl (C=O) groups is 1. The lowest BCUT2D eigenvalue weighted by Crippen LogP contribution is -2.14. The van der Waals surface area contributed by atoms with Gasteiger partial charge >= 0.3 is 0 Å². The van der Waals surface area contributed by atoms with Crippen molar-refractivity contribution in [1.29, 1.82) is 0 Å². The van der Waals surface area contributed by atoms with Gasteiger partial charge in [-0.25, -0.2) is 4.98 Å². The monoisotopic (exact) mass is 369 g/mol. The molecule has 5 nitrogen and oxygen atoms in total. The molecule has 0 fully saturated rings. The summed E-state index contributed by atoms with van der Waals surface area (Å²) in [5, 5.41) is 5.46. The van der Waals surface area contributed by atoms with Crippen LogP contribution >= 0.6 is 27.3 Å². The maximum absolute atomic E-state index is 12.3. The number of amides is 1. The van der Waals surface area contributed by atoms with Crippen molar-refractivity contribution in [3.63, 3.8) is 0 Å². The molecule has 112 valence electrons. The molecule has 2 aromatic rings. The number of aryl methyl sites for hydroxylation is 1. The number of ether oxygens (including phenoxy) is 1. The van der Waals surface area contributed by atoms with E-state index >= 15 is 0 Å². The van der Waals surface area contributed by atoms with Crippen LogP contribution in [-0.2, 0) is 6.42 Å². The Balaban J connectivity index is 2.22. The van der Waals surface area contributed by atoms with Crippen molar-refractivity contribution >= 4 is 38.9 Å². The van der Waals surface area contributed by atoms with Crippen LogP contribution in [0.5, 0.6) is 5.75 Å². The summed E-state index contributed by atoms with van der Waals surface area (Å²) in [7, 11) is 1.57. The highest BCUT2D eigenvalue weighted by atomic mass is 79.9. The lowest BCUT2D eigenvalue weighted by atomic mass is 10.2. The minimum atomic E-state index is -0.252. The molecule has 21 heavy (non-hydrogen) atoms. The van der Waals surface area contributed by atoms with Crippen LogP contribution in [0.3, 0.4) is 0 Å². The fourth-order valence-corrected chi connectivity index (χ4v) is 3.21. The molecule has 0 aliphatic heterocycles. The van der Waals surface area contributed by atoms with Crippen LogP contribution < -0.4 is 15.8 Å². The van der Waals surface area contributed by atoms with E-state index in [-0.39, 0.29) is 5.91 Å². The molecule has 0 spiro atoms. The minimum absolute atomic E-state index is 0.252. The van der Waals surface area contributed by atoms with Crippen LogP contribution in [0.15, 0.2) is 22.0 Å². The van der Waals surface area contributed by atoms with E-state index in [0.29, 0.717) is 30.1 Å². The van der Waals surface area contributed by atoms with Crippen LogP contribution in [0, 0.1) is 6.92 Å². The van der Waals surface area contributed by atoms with Crippen LogP contribution in [0.2, 0.25) is 0 Å². The van der Waals surface area contributed by atoms with Crippen molar-refractivity contribution in [3.8, 4) is 5.75 Å². The molecule has 0 saturated heterocycles. The number of nitrogens with zero attached hydrogens (tertiary/aromatic N) is 1. The predicted molar refractivity (Wildman–Crippen MR) is 88.3 cm³/mol. The number of methoxy groups -OCH3 is 1. The molecule has 0 bridgehead atoms. The third kappa shape index (κ3) is 3.81. The Morgan fingerprint density at radius 2 is 2.29 bits per heavy atom. The van der Waals surface area contributed by atoms with Gasteiger partial charge in [-0.05, 0) is 31.2 Å². The quantitative estimate of drug-likeness (QED) is 0.848. The van der Waals surface area contributed by atoms with Crippen molar-refractivity contribution in [3.05, 3.63) is 38.3 Å². The molecule has 1 heterocycles. The number of nitrogens with two attached hydrogens (primary N) is 1. The topological polar surface area (TPSA) is 77.2 Å². The number of aromatic nitrogens is 1. The van der Waals surface area contributed by atoms with E-state index < -0.39 is 0 Å². The molecular formula is C14H16BrN3O2S. The highest BCUT2D eigenvalue weighted by Gasteiger charge is 2.15. The second-order valence-electron chi connectivity index (χ2n) is 4.42. The zero-order valence-electron chi connectivity index (χ0n) is 11.8. The van der Waals surface area contributed by atoms with Gasteiger partial charge in [-0.3, -0.25) is 4.79 Å². The zero-order valence-corrected chi connectivity index (χ0v) is 14.2. The second kappa shape index (κ2) is 7.02. The summed E-state index contributed by atoms with van der Waals surface area (Å²) in [5.74, 6) is 0.353. The van der Waals surface area contributed by atoms with Gasteiger partial charge in [-0.15, -0.1) is 11.3 Å². The van der Waals surface area contributed by atoms with Gasteiger partial charge in [0, 0.05) is 16.3 Å². The highest BCUT2D eigenvalue weighted by molar-refractivity contribution is 9.10. The molecule has 0 aliphatic rings. The number of halogens is 1. The Kier molecular flexibility index (Phi) is 5.33. The number of hydrogen-bond acceptors (Lipinski definition) is 5. The molecule has 0 atom stereocenters. The van der Waals surface area contributed by atoms with Gasteiger partial charge in [0.2, 0.25) is 0 Å². The summed E-state index contributed by atoms with van der Waals surface area (Å²) >= 11 is 4.84. The first kappa shape index (κ1) is 15.9. The van der Waals surface area contributed by atoms with Gasteiger partial charge < -0.3 is 15.8 Å². The maximum atomic E-state index is 12.3. The summed E-state index contributed by atoms with van der Waals surface area (Å²) in [6.07, 6.45) is 0.679. The van der Waals surface area contributed by atoms with E-state index in [1.54, 1.807) is 12.5 Å². The van der Waals surface area contributed by atoms with Crippen molar-refractivity contribution in [2.75, 3.05) is 19.0 Å². The van der Waals surface area contributed by atoms with Gasteiger partial charge in [0.25, 0.3) is 5.91 Å². The number of carbonyl (C=O) groups excluding carboxylic acids is 1. The molecule has 3 N–H and O–H groups in total. The Morgan fingerprint density at radius 3 is 2.95 bits per heavy atom. The van der Waals surface area contributed by atoms with Gasteiger partial charge in [-0.2, -0.15) is 0 Å². The van der Waals surface area contributed by atoms with E-state index in [0.717, 1.165) is 15.0 Å². The number of anilines is 1. The second-order valence-corrected chi connectivity index (χ2v) is 6.28. The van der Waals surface area contributed by atoms with Crippen LogP contribution in [0.4, 0.5) is 5.69 Å². The van der Waals surface area contributed by atoms with E-state index in [4.69, 9.17) is 10.5 Å². The molecule has 7 heteroatoms. The van der Waals surface area contributed by atoms with E-state index in [2.05, 4.69) is 26.2 Å². The smallest absolute Gasteiger partial charge is 0.275 e. The average Bonchev–Trinajstić information content (AvgIpc) is 2.90. The number of rotatable bonds is 5. The molecule has 0 unspecified atom stereocenters. The summed E-state index contributed by atoms with van der Waals surface area (Å²) in [5.41, 5.74) is 7.44. The fraction of sp³-hybridized carbons (Fsp3) is 0.286. The first-order chi connectivity index (χ1) is 10.0. The van der Waals surface area contributed by atoms with E-state index in [1.807, 2.05) is 19.1 Å². The van der Waals surface area contributed by atoms with Gasteiger partial charge in [-0.1, -0.05) is 15.9 Å². The van der Waals surface area contributed by atoms with Gasteiger partial charge in [0.15, 0.2) is 0 Å². The standard InChI is InChI=1S/C14H16BrN3O2S/c1-8-5-9(15)6-11(20-2)13(8)18-14(19)10-7-21-12(17-10)3-4-16/h5-7H,3-4,16H2,1-2H3,(H,18,19). The summed E-state index contributed by atoms with van der Waals surface area (Å²) in [6, 6.07) is 3.72. The Labute approximate surface area is 135 Å². The highest BCUT2D eigenvalue weighted by Crippen LogP contribution is 2.32. The summed E-state index contributed by atoms with van der Waals surface area (Å²) < 4.78 is 6.21. The largest absolute Gasteiger partial charge is 0.495 e. The predicted octanol–water partition coefficient (Wildman–Crippen LogP) is 2.98. The molecule has 0 radical (unpaired) electrons. The van der Waals surface area contributed by atoms with Gasteiger partial charge in [0.1, 0.15) is 11.4 Å².